The molecule has 0 heterocycles. The van der Waals surface area contributed by atoms with Crippen LogP contribution in [0.4, 0.5) is 0 Å². The SMILES string of the molecule is C=C(CCC1CCCC2CCCCC21)C(CCC)CCC. The third-order valence-electron chi connectivity index (χ3n) is 6.41. The van der Waals surface area contributed by atoms with Crippen molar-refractivity contribution in [2.45, 2.75) is 97.3 Å². The number of hydrogen-bond donors (Lipinski definition) is 0. The predicted molar refractivity (Wildman–Crippen MR) is 94.5 cm³/mol. The average Bonchev–Trinajstić information content (AvgIpc) is 2.52. The molecule has 0 aromatic rings. The summed E-state index contributed by atoms with van der Waals surface area (Å²) >= 11 is 0. The molecule has 0 amide bonds. The van der Waals surface area contributed by atoms with Crippen LogP contribution in [-0.2, 0) is 0 Å². The van der Waals surface area contributed by atoms with Gasteiger partial charge < -0.3 is 0 Å². The lowest BCUT2D eigenvalue weighted by molar-refractivity contribution is 0.0977. The Morgan fingerprint density at radius 2 is 1.62 bits per heavy atom. The Bertz CT molecular complexity index is 295. The molecule has 2 fully saturated rings. The van der Waals surface area contributed by atoms with Gasteiger partial charge in [-0.15, -0.1) is 0 Å². The molecular weight excluding hydrogens is 252 g/mol. The van der Waals surface area contributed by atoms with Crippen molar-refractivity contribution in [1.82, 2.24) is 0 Å². The largest absolute Gasteiger partial charge is 0.0996 e. The van der Waals surface area contributed by atoms with Gasteiger partial charge in [-0.05, 0) is 55.8 Å². The number of allylic oxidation sites excluding steroid dienone is 1. The first-order valence-electron chi connectivity index (χ1n) is 9.93. The van der Waals surface area contributed by atoms with Gasteiger partial charge >= 0.3 is 0 Å². The molecule has 0 bridgehead atoms. The standard InChI is InChI=1S/C21H38/c1-4-9-18(10-5-2)17(3)15-16-20-13-8-12-19-11-6-7-14-21(19)20/h18-21H,3-16H2,1-2H3. The van der Waals surface area contributed by atoms with Gasteiger partial charge in [0.15, 0.2) is 0 Å². The van der Waals surface area contributed by atoms with Gasteiger partial charge in [-0.2, -0.15) is 0 Å². The van der Waals surface area contributed by atoms with E-state index in [9.17, 15) is 0 Å². The van der Waals surface area contributed by atoms with Crippen LogP contribution in [0.1, 0.15) is 97.3 Å². The zero-order valence-corrected chi connectivity index (χ0v) is 14.7. The van der Waals surface area contributed by atoms with Crippen molar-refractivity contribution in [2.24, 2.45) is 23.7 Å². The summed E-state index contributed by atoms with van der Waals surface area (Å²) in [7, 11) is 0. The van der Waals surface area contributed by atoms with Gasteiger partial charge in [0.05, 0.1) is 0 Å². The molecule has 0 heteroatoms. The van der Waals surface area contributed by atoms with E-state index in [1.54, 1.807) is 5.57 Å². The minimum absolute atomic E-state index is 0.811. The Balaban J connectivity index is 1.81. The van der Waals surface area contributed by atoms with Crippen molar-refractivity contribution < 1.29 is 0 Å². The van der Waals surface area contributed by atoms with E-state index in [1.807, 2.05) is 0 Å². The molecule has 2 aliphatic rings. The molecule has 3 atom stereocenters. The molecular formula is C21H38. The van der Waals surface area contributed by atoms with Crippen LogP contribution in [-0.4, -0.2) is 0 Å². The first-order valence-corrected chi connectivity index (χ1v) is 9.93. The summed E-state index contributed by atoms with van der Waals surface area (Å²) in [6.07, 6.45) is 18.8. The number of fused-ring (bicyclic) bond motifs is 1. The molecule has 122 valence electrons. The van der Waals surface area contributed by atoms with Crippen molar-refractivity contribution in [3.63, 3.8) is 0 Å². The van der Waals surface area contributed by atoms with E-state index in [1.165, 1.54) is 83.5 Å². The zero-order valence-electron chi connectivity index (χ0n) is 14.7. The van der Waals surface area contributed by atoms with Gasteiger partial charge in [0.25, 0.3) is 0 Å². The van der Waals surface area contributed by atoms with E-state index in [4.69, 9.17) is 0 Å². The topological polar surface area (TPSA) is 0 Å². The van der Waals surface area contributed by atoms with E-state index in [2.05, 4.69) is 20.4 Å². The molecule has 0 aromatic heterocycles. The van der Waals surface area contributed by atoms with Gasteiger partial charge in [0.2, 0.25) is 0 Å². The average molecular weight is 291 g/mol. The molecule has 2 aliphatic carbocycles. The number of rotatable bonds is 8. The van der Waals surface area contributed by atoms with Crippen LogP contribution in [0, 0.1) is 23.7 Å². The van der Waals surface area contributed by atoms with Gasteiger partial charge in [-0.25, -0.2) is 0 Å². The van der Waals surface area contributed by atoms with Gasteiger partial charge in [0, 0.05) is 0 Å². The van der Waals surface area contributed by atoms with Crippen LogP contribution < -0.4 is 0 Å². The summed E-state index contributed by atoms with van der Waals surface area (Å²) in [5.41, 5.74) is 1.58. The number of hydrogen-bond acceptors (Lipinski definition) is 0. The third kappa shape index (κ3) is 4.86. The van der Waals surface area contributed by atoms with Gasteiger partial charge in [0.1, 0.15) is 0 Å². The van der Waals surface area contributed by atoms with Gasteiger partial charge in [-0.1, -0.05) is 77.4 Å². The van der Waals surface area contributed by atoms with Gasteiger partial charge in [-0.3, -0.25) is 0 Å². The first-order chi connectivity index (χ1) is 10.3. The second-order valence-corrected chi connectivity index (χ2v) is 7.87. The summed E-state index contributed by atoms with van der Waals surface area (Å²) in [5, 5.41) is 0. The summed E-state index contributed by atoms with van der Waals surface area (Å²) in [4.78, 5) is 0. The maximum atomic E-state index is 4.48. The molecule has 0 radical (unpaired) electrons. The summed E-state index contributed by atoms with van der Waals surface area (Å²) in [6.45, 7) is 9.13. The van der Waals surface area contributed by atoms with E-state index in [0.717, 1.165) is 23.7 Å². The summed E-state index contributed by atoms with van der Waals surface area (Å²) in [6, 6.07) is 0. The van der Waals surface area contributed by atoms with Crippen molar-refractivity contribution in [1.29, 1.82) is 0 Å². The minimum Gasteiger partial charge on any atom is -0.0996 e. The molecule has 2 saturated carbocycles. The fourth-order valence-corrected chi connectivity index (χ4v) is 5.25. The smallest absolute Gasteiger partial charge is 0.0206 e. The third-order valence-corrected chi connectivity index (χ3v) is 6.41. The fraction of sp³-hybridized carbons (Fsp3) is 0.905. The Kier molecular flexibility index (Phi) is 7.34. The Morgan fingerprint density at radius 1 is 0.952 bits per heavy atom. The monoisotopic (exact) mass is 290 g/mol. The predicted octanol–water partition coefficient (Wildman–Crippen LogP) is 7.15. The van der Waals surface area contributed by atoms with Crippen LogP contribution in [0.15, 0.2) is 12.2 Å². The maximum absolute atomic E-state index is 4.48. The quantitative estimate of drug-likeness (QED) is 0.416. The normalized spacial score (nSPS) is 29.4. The van der Waals surface area contributed by atoms with Crippen molar-refractivity contribution in [3.05, 3.63) is 12.2 Å². The summed E-state index contributed by atoms with van der Waals surface area (Å²) in [5.74, 6) is 4.01. The van der Waals surface area contributed by atoms with Crippen LogP contribution >= 0.6 is 0 Å². The van der Waals surface area contributed by atoms with Crippen LogP contribution in [0.2, 0.25) is 0 Å². The Hall–Kier alpha value is -0.260. The highest BCUT2D eigenvalue weighted by molar-refractivity contribution is 5.01. The first kappa shape index (κ1) is 17.1. The molecule has 2 rings (SSSR count). The molecule has 0 aromatic carbocycles. The Labute approximate surface area is 133 Å². The second-order valence-electron chi connectivity index (χ2n) is 7.87. The molecule has 21 heavy (non-hydrogen) atoms. The highest BCUT2D eigenvalue weighted by Gasteiger charge is 2.34. The lowest BCUT2D eigenvalue weighted by Gasteiger charge is -2.42. The van der Waals surface area contributed by atoms with Crippen molar-refractivity contribution in [2.75, 3.05) is 0 Å². The molecule has 0 saturated heterocycles. The highest BCUT2D eigenvalue weighted by atomic mass is 14.4. The Morgan fingerprint density at radius 3 is 2.33 bits per heavy atom. The van der Waals surface area contributed by atoms with Crippen molar-refractivity contribution in [3.8, 4) is 0 Å². The molecule has 0 N–H and O–H groups in total. The lowest BCUT2D eigenvalue weighted by Crippen LogP contribution is -2.31. The van der Waals surface area contributed by atoms with E-state index < -0.39 is 0 Å². The lowest BCUT2D eigenvalue weighted by atomic mass is 9.64. The van der Waals surface area contributed by atoms with Crippen LogP contribution in [0.5, 0.6) is 0 Å². The van der Waals surface area contributed by atoms with Crippen LogP contribution in [0.3, 0.4) is 0 Å². The fourth-order valence-electron chi connectivity index (χ4n) is 5.25. The molecule has 0 aliphatic heterocycles. The zero-order chi connectivity index (χ0) is 15.1. The molecule has 0 spiro atoms. The maximum Gasteiger partial charge on any atom is -0.0206 e. The van der Waals surface area contributed by atoms with E-state index in [-0.39, 0.29) is 0 Å². The van der Waals surface area contributed by atoms with E-state index >= 15 is 0 Å². The molecule has 0 nitrogen and oxygen atoms in total. The highest BCUT2D eigenvalue weighted by Crippen LogP contribution is 2.46. The second kappa shape index (κ2) is 9.01. The van der Waals surface area contributed by atoms with E-state index in [0.29, 0.717) is 0 Å². The molecule has 3 unspecified atom stereocenters. The summed E-state index contributed by atoms with van der Waals surface area (Å²) < 4.78 is 0. The van der Waals surface area contributed by atoms with Crippen molar-refractivity contribution >= 4 is 0 Å². The minimum atomic E-state index is 0.811. The van der Waals surface area contributed by atoms with Crippen LogP contribution in [0.25, 0.3) is 0 Å².